The smallest absolute Gasteiger partial charge is 0.256 e. The molecule has 7 heteroatoms. The first-order chi connectivity index (χ1) is 13.0. The Balaban J connectivity index is 1.67. The number of hydrogen-bond acceptors (Lipinski definition) is 5. The van der Waals surface area contributed by atoms with Crippen molar-refractivity contribution in [3.8, 4) is 5.13 Å². The summed E-state index contributed by atoms with van der Waals surface area (Å²) in [7, 11) is 3.89. The quantitative estimate of drug-likeness (QED) is 0.581. The van der Waals surface area contributed by atoms with Crippen molar-refractivity contribution in [1.29, 1.82) is 0 Å². The molecule has 4 rings (SSSR count). The van der Waals surface area contributed by atoms with Crippen molar-refractivity contribution in [3.05, 3.63) is 65.9 Å². The predicted octanol–water partition coefficient (Wildman–Crippen LogP) is 4.11. The van der Waals surface area contributed by atoms with E-state index in [0.29, 0.717) is 11.4 Å². The maximum atomic E-state index is 12.8. The van der Waals surface area contributed by atoms with Crippen molar-refractivity contribution < 1.29 is 4.79 Å². The Bertz CT molecular complexity index is 1100. The molecule has 1 N–H and O–H groups in total. The summed E-state index contributed by atoms with van der Waals surface area (Å²) in [6.07, 6.45) is 0. The van der Waals surface area contributed by atoms with Crippen molar-refractivity contribution >= 4 is 39.0 Å². The van der Waals surface area contributed by atoms with E-state index >= 15 is 0 Å². The number of aromatic nitrogens is 3. The summed E-state index contributed by atoms with van der Waals surface area (Å²) in [5.41, 5.74) is 3.29. The van der Waals surface area contributed by atoms with Gasteiger partial charge in [-0.05, 0) is 37.3 Å². The Morgan fingerprint density at radius 2 is 1.93 bits per heavy atom. The number of rotatable bonds is 4. The Morgan fingerprint density at radius 1 is 1.11 bits per heavy atom. The first kappa shape index (κ1) is 17.2. The lowest BCUT2D eigenvalue weighted by atomic mass is 10.2. The second kappa shape index (κ2) is 6.85. The van der Waals surface area contributed by atoms with Crippen LogP contribution in [0.5, 0.6) is 0 Å². The molecule has 27 heavy (non-hydrogen) atoms. The van der Waals surface area contributed by atoms with Crippen LogP contribution in [0.2, 0.25) is 0 Å². The van der Waals surface area contributed by atoms with E-state index in [-0.39, 0.29) is 5.91 Å². The fraction of sp³-hybridized carbons (Fsp3) is 0.150. The van der Waals surface area contributed by atoms with Crippen LogP contribution in [-0.2, 0) is 0 Å². The number of hydrogen-bond donors (Lipinski definition) is 1. The second-order valence-corrected chi connectivity index (χ2v) is 7.45. The molecule has 0 aliphatic heterocycles. The molecule has 1 amide bonds. The van der Waals surface area contributed by atoms with Gasteiger partial charge in [0.1, 0.15) is 5.82 Å². The molecule has 0 aliphatic rings. The lowest BCUT2D eigenvalue weighted by molar-refractivity contribution is 0.102. The van der Waals surface area contributed by atoms with Gasteiger partial charge in [-0.3, -0.25) is 4.79 Å². The fourth-order valence-corrected chi connectivity index (χ4v) is 3.73. The maximum absolute atomic E-state index is 12.8. The highest BCUT2D eigenvalue weighted by Crippen LogP contribution is 2.27. The number of aryl methyl sites for hydroxylation is 1. The molecule has 0 saturated carbocycles. The summed E-state index contributed by atoms with van der Waals surface area (Å²) in [6, 6.07) is 17.3. The third-order valence-corrected chi connectivity index (χ3v) is 5.17. The lowest BCUT2D eigenvalue weighted by Crippen LogP contribution is -2.16. The van der Waals surface area contributed by atoms with E-state index in [2.05, 4.69) is 15.4 Å². The summed E-state index contributed by atoms with van der Waals surface area (Å²) in [4.78, 5) is 19.4. The number of carbonyl (C=O) groups excluding carboxylic acids is 1. The van der Waals surface area contributed by atoms with Crippen LogP contribution in [-0.4, -0.2) is 34.8 Å². The van der Waals surface area contributed by atoms with Crippen molar-refractivity contribution in [3.63, 3.8) is 0 Å². The van der Waals surface area contributed by atoms with Crippen LogP contribution >= 0.6 is 11.3 Å². The lowest BCUT2D eigenvalue weighted by Gasteiger charge is -2.13. The number of nitrogens with one attached hydrogen (secondary N) is 1. The predicted molar refractivity (Wildman–Crippen MR) is 110 cm³/mol. The Hall–Kier alpha value is -3.19. The summed E-state index contributed by atoms with van der Waals surface area (Å²) in [5, 5.41) is 8.20. The van der Waals surface area contributed by atoms with Crippen LogP contribution in [0.15, 0.2) is 54.6 Å². The minimum absolute atomic E-state index is 0.180. The largest absolute Gasteiger partial charge is 0.378 e. The van der Waals surface area contributed by atoms with Crippen LogP contribution in [0.25, 0.3) is 15.3 Å². The number of benzene rings is 2. The molecule has 2 aromatic heterocycles. The molecule has 0 radical (unpaired) electrons. The molecule has 2 heterocycles. The number of nitrogens with zero attached hydrogens (tertiary/aromatic N) is 4. The van der Waals surface area contributed by atoms with Gasteiger partial charge in [-0.25, -0.2) is 4.98 Å². The van der Waals surface area contributed by atoms with Gasteiger partial charge in [0, 0.05) is 31.4 Å². The van der Waals surface area contributed by atoms with Gasteiger partial charge in [-0.15, -0.1) is 0 Å². The minimum Gasteiger partial charge on any atom is -0.378 e. The van der Waals surface area contributed by atoms with Crippen molar-refractivity contribution in [2.24, 2.45) is 0 Å². The number of thiazole rings is 1. The van der Waals surface area contributed by atoms with E-state index in [4.69, 9.17) is 0 Å². The molecule has 0 spiro atoms. The molecule has 6 nitrogen and oxygen atoms in total. The van der Waals surface area contributed by atoms with E-state index in [9.17, 15) is 4.79 Å². The van der Waals surface area contributed by atoms with Gasteiger partial charge in [0.25, 0.3) is 5.91 Å². The molecule has 2 aromatic carbocycles. The Kier molecular flexibility index (Phi) is 4.37. The zero-order valence-electron chi connectivity index (χ0n) is 15.3. The highest BCUT2D eigenvalue weighted by atomic mass is 32.1. The van der Waals surface area contributed by atoms with Crippen LogP contribution in [0.4, 0.5) is 11.5 Å². The van der Waals surface area contributed by atoms with E-state index in [0.717, 1.165) is 26.7 Å². The summed E-state index contributed by atoms with van der Waals surface area (Å²) in [5.74, 6) is 0.424. The van der Waals surface area contributed by atoms with E-state index in [1.54, 1.807) is 10.7 Å². The molecule has 136 valence electrons. The number of para-hydroxylation sites is 1. The van der Waals surface area contributed by atoms with Gasteiger partial charge >= 0.3 is 0 Å². The third-order valence-electron chi connectivity index (χ3n) is 4.16. The molecular weight excluding hydrogens is 358 g/mol. The zero-order chi connectivity index (χ0) is 19.0. The first-order valence-electron chi connectivity index (χ1n) is 8.52. The monoisotopic (exact) mass is 377 g/mol. The van der Waals surface area contributed by atoms with Gasteiger partial charge in [-0.2, -0.15) is 9.78 Å². The summed E-state index contributed by atoms with van der Waals surface area (Å²) in [6.45, 7) is 1.89. The van der Waals surface area contributed by atoms with E-state index in [1.807, 2.05) is 74.4 Å². The number of anilines is 2. The molecular formula is C20H19N5OS. The van der Waals surface area contributed by atoms with Gasteiger partial charge in [0.05, 0.1) is 15.9 Å². The minimum atomic E-state index is -0.180. The maximum Gasteiger partial charge on any atom is 0.256 e. The third kappa shape index (κ3) is 3.41. The highest BCUT2D eigenvalue weighted by Gasteiger charge is 2.15. The average Bonchev–Trinajstić information content (AvgIpc) is 3.24. The van der Waals surface area contributed by atoms with Crippen LogP contribution in [0, 0.1) is 6.92 Å². The van der Waals surface area contributed by atoms with Gasteiger partial charge in [0.2, 0.25) is 5.13 Å². The summed E-state index contributed by atoms with van der Waals surface area (Å²) < 4.78 is 2.77. The highest BCUT2D eigenvalue weighted by molar-refractivity contribution is 7.20. The number of fused-ring (bicyclic) bond motifs is 1. The molecule has 0 fully saturated rings. The van der Waals surface area contributed by atoms with Gasteiger partial charge in [0.15, 0.2) is 0 Å². The molecule has 0 atom stereocenters. The average molecular weight is 377 g/mol. The topological polar surface area (TPSA) is 63.1 Å². The molecule has 4 aromatic rings. The molecule has 0 aliphatic carbocycles. The summed E-state index contributed by atoms with van der Waals surface area (Å²) >= 11 is 1.54. The van der Waals surface area contributed by atoms with E-state index < -0.39 is 0 Å². The van der Waals surface area contributed by atoms with Gasteiger partial charge in [-0.1, -0.05) is 29.5 Å². The van der Waals surface area contributed by atoms with Crippen LogP contribution < -0.4 is 10.2 Å². The normalized spacial score (nSPS) is 10.9. The molecule has 0 saturated heterocycles. The van der Waals surface area contributed by atoms with Gasteiger partial charge < -0.3 is 10.2 Å². The van der Waals surface area contributed by atoms with Crippen molar-refractivity contribution in [2.45, 2.75) is 6.92 Å². The SMILES string of the molecule is Cc1cc(NC(=O)c2cccc(N(C)C)c2)n(-c2nc3ccccc3s2)n1. The van der Waals surface area contributed by atoms with Crippen molar-refractivity contribution in [1.82, 2.24) is 14.8 Å². The number of amides is 1. The molecule has 0 bridgehead atoms. The Labute approximate surface area is 161 Å². The second-order valence-electron chi connectivity index (χ2n) is 6.45. The first-order valence-corrected chi connectivity index (χ1v) is 9.34. The molecule has 0 unspecified atom stereocenters. The van der Waals surface area contributed by atoms with Crippen LogP contribution in [0.3, 0.4) is 0 Å². The standard InChI is InChI=1S/C20H19N5OS/c1-13-11-18(22-19(26)14-7-6-8-15(12-14)24(2)3)25(23-13)20-21-16-9-4-5-10-17(16)27-20/h4-12H,1-3H3,(H,22,26). The zero-order valence-corrected chi connectivity index (χ0v) is 16.1. The number of carbonyl (C=O) groups is 1. The van der Waals surface area contributed by atoms with Crippen LogP contribution in [0.1, 0.15) is 16.1 Å². The van der Waals surface area contributed by atoms with Crippen molar-refractivity contribution in [2.75, 3.05) is 24.3 Å². The fourth-order valence-electron chi connectivity index (χ4n) is 2.80. The van der Waals surface area contributed by atoms with E-state index in [1.165, 1.54) is 11.3 Å². The Morgan fingerprint density at radius 3 is 2.70 bits per heavy atom.